The maximum atomic E-state index is 12.2. The van der Waals surface area contributed by atoms with Gasteiger partial charge in [-0.1, -0.05) is 35.2 Å². The summed E-state index contributed by atoms with van der Waals surface area (Å²) in [5.41, 5.74) is 3.24. The fourth-order valence-corrected chi connectivity index (χ4v) is 2.86. The van der Waals surface area contributed by atoms with Crippen LogP contribution in [0.2, 0.25) is 0 Å². The highest BCUT2D eigenvalue weighted by molar-refractivity contribution is 9.10. The number of aryl methyl sites for hydroxylation is 2. The molecule has 0 bridgehead atoms. The Labute approximate surface area is 117 Å². The molecule has 0 unspecified atom stereocenters. The number of anilines is 1. The van der Waals surface area contributed by atoms with Crippen LogP contribution in [-0.4, -0.2) is 5.91 Å². The molecule has 98 valence electrons. The Morgan fingerprint density at radius 3 is 2.28 bits per heavy atom. The first kappa shape index (κ1) is 13.6. The fraction of sp³-hybridized carbons (Fsp3) is 0.533. The Hall–Kier alpha value is -0.830. The smallest absolute Gasteiger partial charge is 0.227 e. The van der Waals surface area contributed by atoms with Gasteiger partial charge in [0.1, 0.15) is 0 Å². The van der Waals surface area contributed by atoms with Crippen LogP contribution in [0.3, 0.4) is 0 Å². The second kappa shape index (κ2) is 5.87. The van der Waals surface area contributed by atoms with Crippen molar-refractivity contribution in [2.45, 2.75) is 46.0 Å². The van der Waals surface area contributed by atoms with E-state index in [1.54, 1.807) is 0 Å². The minimum atomic E-state index is 0.191. The minimum Gasteiger partial charge on any atom is -0.326 e. The number of rotatable bonds is 2. The third-order valence-electron chi connectivity index (χ3n) is 3.68. The van der Waals surface area contributed by atoms with Crippen LogP contribution in [0.5, 0.6) is 0 Å². The van der Waals surface area contributed by atoms with Gasteiger partial charge in [0.25, 0.3) is 0 Å². The third kappa shape index (κ3) is 3.14. The molecule has 0 heterocycles. The highest BCUT2D eigenvalue weighted by atomic mass is 79.9. The number of carbonyl (C=O) groups excluding carboxylic acids is 1. The second-order valence-corrected chi connectivity index (χ2v) is 6.04. The van der Waals surface area contributed by atoms with Crippen molar-refractivity contribution >= 4 is 27.5 Å². The van der Waals surface area contributed by atoms with Crippen LogP contribution >= 0.6 is 15.9 Å². The van der Waals surface area contributed by atoms with E-state index in [1.807, 2.05) is 26.0 Å². The molecule has 1 amide bonds. The predicted molar refractivity (Wildman–Crippen MR) is 78.8 cm³/mol. The van der Waals surface area contributed by atoms with Gasteiger partial charge in [-0.3, -0.25) is 4.79 Å². The highest BCUT2D eigenvalue weighted by Crippen LogP contribution is 2.27. The van der Waals surface area contributed by atoms with Crippen molar-refractivity contribution in [3.05, 3.63) is 27.7 Å². The quantitative estimate of drug-likeness (QED) is 0.851. The number of carbonyl (C=O) groups is 1. The predicted octanol–water partition coefficient (Wildman–Crippen LogP) is 4.58. The molecule has 1 N–H and O–H groups in total. The largest absolute Gasteiger partial charge is 0.326 e. The van der Waals surface area contributed by atoms with Crippen LogP contribution in [0.15, 0.2) is 16.6 Å². The molecule has 18 heavy (non-hydrogen) atoms. The molecule has 0 atom stereocenters. The SMILES string of the molecule is Cc1cc(NC(=O)C2CCCCC2)cc(C)c1Br. The normalized spacial score (nSPS) is 16.6. The van der Waals surface area contributed by atoms with Crippen molar-refractivity contribution in [3.63, 3.8) is 0 Å². The molecule has 1 aliphatic carbocycles. The van der Waals surface area contributed by atoms with Crippen LogP contribution in [0, 0.1) is 19.8 Å². The van der Waals surface area contributed by atoms with Gasteiger partial charge in [0.15, 0.2) is 0 Å². The zero-order valence-corrected chi connectivity index (χ0v) is 12.6. The van der Waals surface area contributed by atoms with E-state index in [1.165, 1.54) is 19.3 Å². The van der Waals surface area contributed by atoms with Gasteiger partial charge in [0.05, 0.1) is 0 Å². The van der Waals surface area contributed by atoms with E-state index in [4.69, 9.17) is 0 Å². The van der Waals surface area contributed by atoms with E-state index in [2.05, 4.69) is 21.2 Å². The second-order valence-electron chi connectivity index (χ2n) is 5.25. The van der Waals surface area contributed by atoms with Crippen LogP contribution in [0.25, 0.3) is 0 Å². The lowest BCUT2D eigenvalue weighted by Gasteiger charge is -2.21. The molecule has 1 aromatic rings. The first-order valence-corrected chi connectivity index (χ1v) is 7.45. The summed E-state index contributed by atoms with van der Waals surface area (Å²) in [6.07, 6.45) is 5.74. The Morgan fingerprint density at radius 2 is 1.72 bits per heavy atom. The van der Waals surface area contributed by atoms with E-state index >= 15 is 0 Å². The number of benzene rings is 1. The van der Waals surface area contributed by atoms with Crippen LogP contribution in [0.1, 0.15) is 43.2 Å². The number of hydrogen-bond acceptors (Lipinski definition) is 1. The van der Waals surface area contributed by atoms with Gasteiger partial charge in [-0.25, -0.2) is 0 Å². The monoisotopic (exact) mass is 309 g/mol. The summed E-state index contributed by atoms with van der Waals surface area (Å²) in [6.45, 7) is 4.10. The lowest BCUT2D eigenvalue weighted by molar-refractivity contribution is -0.120. The summed E-state index contributed by atoms with van der Waals surface area (Å²) >= 11 is 3.54. The summed E-state index contributed by atoms with van der Waals surface area (Å²) in [5.74, 6) is 0.402. The van der Waals surface area contributed by atoms with Crippen molar-refractivity contribution < 1.29 is 4.79 Å². The van der Waals surface area contributed by atoms with Crippen LogP contribution in [0.4, 0.5) is 5.69 Å². The first-order chi connectivity index (χ1) is 8.58. The Balaban J connectivity index is 2.06. The lowest BCUT2D eigenvalue weighted by atomic mass is 9.88. The molecule has 1 fully saturated rings. The van der Waals surface area contributed by atoms with Gasteiger partial charge in [-0.05, 0) is 49.9 Å². The molecular weight excluding hydrogens is 290 g/mol. The van der Waals surface area contributed by atoms with E-state index < -0.39 is 0 Å². The molecule has 1 saturated carbocycles. The standard InChI is InChI=1S/C15H20BrNO/c1-10-8-13(9-11(2)14(10)16)17-15(18)12-6-4-3-5-7-12/h8-9,12H,3-7H2,1-2H3,(H,17,18). The van der Waals surface area contributed by atoms with Gasteiger partial charge in [-0.2, -0.15) is 0 Å². The fourth-order valence-electron chi connectivity index (χ4n) is 2.63. The van der Waals surface area contributed by atoms with Gasteiger partial charge in [0.2, 0.25) is 5.91 Å². The minimum absolute atomic E-state index is 0.191. The Bertz CT molecular complexity index is 427. The maximum Gasteiger partial charge on any atom is 0.227 e. The summed E-state index contributed by atoms with van der Waals surface area (Å²) in [7, 11) is 0. The zero-order valence-electron chi connectivity index (χ0n) is 11.1. The van der Waals surface area contributed by atoms with Crippen molar-refractivity contribution in [3.8, 4) is 0 Å². The Morgan fingerprint density at radius 1 is 1.17 bits per heavy atom. The lowest BCUT2D eigenvalue weighted by Crippen LogP contribution is -2.24. The summed E-state index contributed by atoms with van der Waals surface area (Å²) in [5, 5.41) is 3.06. The molecular formula is C15H20BrNO. The topological polar surface area (TPSA) is 29.1 Å². The number of amides is 1. The van der Waals surface area contributed by atoms with E-state index in [0.29, 0.717) is 0 Å². The molecule has 0 radical (unpaired) electrons. The zero-order chi connectivity index (χ0) is 13.1. The molecule has 0 aromatic heterocycles. The summed E-state index contributed by atoms with van der Waals surface area (Å²) in [4.78, 5) is 12.2. The number of halogens is 1. The third-order valence-corrected chi connectivity index (χ3v) is 4.93. The molecule has 0 spiro atoms. The molecule has 3 heteroatoms. The van der Waals surface area contributed by atoms with Gasteiger partial charge >= 0.3 is 0 Å². The molecule has 2 nitrogen and oxygen atoms in total. The van der Waals surface area contributed by atoms with E-state index in [-0.39, 0.29) is 11.8 Å². The van der Waals surface area contributed by atoms with Crippen molar-refractivity contribution in [1.82, 2.24) is 0 Å². The van der Waals surface area contributed by atoms with E-state index in [9.17, 15) is 4.79 Å². The highest BCUT2D eigenvalue weighted by Gasteiger charge is 2.21. The average molecular weight is 310 g/mol. The number of hydrogen-bond donors (Lipinski definition) is 1. The molecule has 0 saturated heterocycles. The van der Waals surface area contributed by atoms with Crippen molar-refractivity contribution in [2.24, 2.45) is 5.92 Å². The van der Waals surface area contributed by atoms with Crippen LogP contribution < -0.4 is 5.32 Å². The summed E-state index contributed by atoms with van der Waals surface area (Å²) in [6, 6.07) is 4.05. The van der Waals surface area contributed by atoms with Crippen molar-refractivity contribution in [2.75, 3.05) is 5.32 Å². The number of nitrogens with one attached hydrogen (secondary N) is 1. The average Bonchev–Trinajstić information content (AvgIpc) is 2.37. The van der Waals surface area contributed by atoms with Gasteiger partial charge in [-0.15, -0.1) is 0 Å². The molecule has 2 rings (SSSR count). The van der Waals surface area contributed by atoms with Gasteiger partial charge < -0.3 is 5.32 Å². The first-order valence-electron chi connectivity index (χ1n) is 6.65. The van der Waals surface area contributed by atoms with Crippen LogP contribution in [-0.2, 0) is 4.79 Å². The van der Waals surface area contributed by atoms with Crippen molar-refractivity contribution in [1.29, 1.82) is 0 Å². The maximum absolute atomic E-state index is 12.2. The summed E-state index contributed by atoms with van der Waals surface area (Å²) < 4.78 is 1.12. The molecule has 0 aliphatic heterocycles. The van der Waals surface area contributed by atoms with Gasteiger partial charge in [0, 0.05) is 16.1 Å². The van der Waals surface area contributed by atoms with E-state index in [0.717, 1.165) is 34.1 Å². The Kier molecular flexibility index (Phi) is 4.44. The molecule has 1 aromatic carbocycles. The molecule has 1 aliphatic rings.